The Morgan fingerprint density at radius 2 is 0.688 bits per heavy atom. The number of para-hydroxylation sites is 2. The van der Waals surface area contributed by atoms with Gasteiger partial charge in [-0.25, -0.2) is 0 Å². The lowest BCUT2D eigenvalue weighted by atomic mass is 10.0. The quantitative estimate of drug-likeness (QED) is 0.107. The van der Waals surface area contributed by atoms with Crippen LogP contribution < -0.4 is 20.7 Å². The van der Waals surface area contributed by atoms with Gasteiger partial charge in [0.1, 0.15) is 0 Å². The van der Waals surface area contributed by atoms with E-state index in [1.807, 2.05) is 0 Å². The molecular weight excluding hydrogens is 791 g/mol. The number of hydrogen-bond donors (Lipinski definition) is 0. The summed E-state index contributed by atoms with van der Waals surface area (Å²) in [5.41, 5.74) is 13.2. The molecule has 10 aromatic carbocycles. The number of rotatable bonds is 8. The van der Waals surface area contributed by atoms with Gasteiger partial charge in [0.05, 0.1) is 38.8 Å². The summed E-state index contributed by atoms with van der Waals surface area (Å²) < 4.78 is 7.38. The first-order chi connectivity index (χ1) is 31.8. The standard InChI is InChI=1S/C60H41N3Si/c1-5-19-42(20-6-1)49-27-13-15-29-52(49)63-57-33-17-31-55-59(57)60-56(32-18-34-58(60)63)62(55)44-37-40-54-51(41-44)50-28-14-16-30-53(50)61(54)43-35-38-48(39-36-43)64(45-21-7-2-8-22-45,46-23-9-3-10-24-46)47-25-11-4-12-26-47/h1-41H. The Morgan fingerprint density at radius 3 is 1.28 bits per heavy atom. The maximum atomic E-state index is 2.47. The largest absolute Gasteiger partial charge is 0.309 e. The molecule has 3 aromatic heterocycles. The van der Waals surface area contributed by atoms with E-state index in [0.717, 1.165) is 11.4 Å². The Labute approximate surface area is 372 Å². The first-order valence-electron chi connectivity index (χ1n) is 22.1. The van der Waals surface area contributed by atoms with Gasteiger partial charge in [0.25, 0.3) is 0 Å². The summed E-state index contributed by atoms with van der Waals surface area (Å²) in [7, 11) is -2.66. The van der Waals surface area contributed by atoms with Crippen molar-refractivity contribution in [3.63, 3.8) is 0 Å². The maximum Gasteiger partial charge on any atom is 0.179 e. The summed E-state index contributed by atoms with van der Waals surface area (Å²) in [4.78, 5) is 0. The second-order valence-electron chi connectivity index (χ2n) is 16.8. The molecule has 13 aromatic rings. The lowest BCUT2D eigenvalue weighted by Crippen LogP contribution is -2.74. The minimum Gasteiger partial charge on any atom is -0.309 e. The average molecular weight is 832 g/mol. The molecule has 4 heteroatoms. The highest BCUT2D eigenvalue weighted by molar-refractivity contribution is 7.19. The second kappa shape index (κ2) is 14.5. The van der Waals surface area contributed by atoms with Gasteiger partial charge in [-0.15, -0.1) is 0 Å². The minimum atomic E-state index is -2.66. The van der Waals surface area contributed by atoms with Crippen molar-refractivity contribution in [2.75, 3.05) is 0 Å². The molecule has 0 aliphatic heterocycles. The maximum absolute atomic E-state index is 2.66. The number of hydrogen-bond acceptors (Lipinski definition) is 0. The summed E-state index contributed by atoms with van der Waals surface area (Å²) in [6.07, 6.45) is 0. The molecule has 0 unspecified atom stereocenters. The van der Waals surface area contributed by atoms with Crippen molar-refractivity contribution in [3.05, 3.63) is 249 Å². The fourth-order valence-electron chi connectivity index (χ4n) is 10.9. The van der Waals surface area contributed by atoms with Crippen molar-refractivity contribution in [3.8, 4) is 28.2 Å². The topological polar surface area (TPSA) is 14.8 Å². The molecular formula is C60H41N3Si. The van der Waals surface area contributed by atoms with Crippen LogP contribution in [-0.2, 0) is 0 Å². The molecule has 0 fully saturated rings. The zero-order valence-electron chi connectivity index (χ0n) is 35.0. The Bertz CT molecular complexity index is 3650. The molecule has 13 rings (SSSR count). The molecule has 0 spiro atoms. The smallest absolute Gasteiger partial charge is 0.179 e. The number of aromatic nitrogens is 3. The van der Waals surface area contributed by atoms with E-state index < -0.39 is 8.07 Å². The van der Waals surface area contributed by atoms with Crippen molar-refractivity contribution in [1.82, 2.24) is 13.7 Å². The highest BCUT2D eigenvalue weighted by Crippen LogP contribution is 2.44. The predicted octanol–water partition coefficient (Wildman–Crippen LogP) is 12.3. The predicted molar refractivity (Wildman–Crippen MR) is 272 cm³/mol. The van der Waals surface area contributed by atoms with Crippen LogP contribution in [0.25, 0.3) is 82.8 Å². The van der Waals surface area contributed by atoms with Gasteiger partial charge in [-0.05, 0) is 93.0 Å². The van der Waals surface area contributed by atoms with Crippen molar-refractivity contribution >= 4 is 83.5 Å². The van der Waals surface area contributed by atoms with Gasteiger partial charge in [0.15, 0.2) is 8.07 Å². The third-order valence-corrected chi connectivity index (χ3v) is 18.4. The molecule has 0 N–H and O–H groups in total. The van der Waals surface area contributed by atoms with Crippen LogP contribution in [-0.4, -0.2) is 21.8 Å². The Hall–Kier alpha value is -8.18. The normalized spacial score (nSPS) is 12.1. The molecule has 64 heavy (non-hydrogen) atoms. The van der Waals surface area contributed by atoms with Crippen molar-refractivity contribution in [2.45, 2.75) is 0 Å². The van der Waals surface area contributed by atoms with E-state index in [4.69, 9.17) is 0 Å². The fraction of sp³-hybridized carbons (Fsp3) is 0. The zero-order chi connectivity index (χ0) is 42.2. The monoisotopic (exact) mass is 831 g/mol. The Balaban J connectivity index is 0.977. The van der Waals surface area contributed by atoms with Gasteiger partial charge in [0, 0.05) is 38.5 Å². The number of fused-ring (bicyclic) bond motifs is 3. The van der Waals surface area contributed by atoms with E-state index in [-0.39, 0.29) is 0 Å². The molecule has 0 saturated heterocycles. The second-order valence-corrected chi connectivity index (χ2v) is 20.7. The lowest BCUT2D eigenvalue weighted by molar-refractivity contribution is 1.15. The van der Waals surface area contributed by atoms with Crippen molar-refractivity contribution in [1.29, 1.82) is 0 Å². The lowest BCUT2D eigenvalue weighted by Gasteiger charge is -2.34. The highest BCUT2D eigenvalue weighted by Gasteiger charge is 2.41. The summed E-state index contributed by atoms with van der Waals surface area (Å²) in [6.45, 7) is 0. The third kappa shape index (κ3) is 5.27. The summed E-state index contributed by atoms with van der Waals surface area (Å²) in [5, 5.41) is 10.5. The van der Waals surface area contributed by atoms with Gasteiger partial charge in [0.2, 0.25) is 0 Å². The van der Waals surface area contributed by atoms with E-state index >= 15 is 0 Å². The fourth-order valence-corrected chi connectivity index (χ4v) is 15.7. The molecule has 0 saturated carbocycles. The van der Waals surface area contributed by atoms with Crippen LogP contribution in [0.2, 0.25) is 0 Å². The van der Waals surface area contributed by atoms with Crippen LogP contribution in [0.3, 0.4) is 0 Å². The molecule has 0 radical (unpaired) electrons. The van der Waals surface area contributed by atoms with Crippen molar-refractivity contribution in [2.24, 2.45) is 0 Å². The van der Waals surface area contributed by atoms with Gasteiger partial charge in [-0.2, -0.15) is 0 Å². The Morgan fingerprint density at radius 1 is 0.266 bits per heavy atom. The first kappa shape index (κ1) is 36.5. The van der Waals surface area contributed by atoms with Gasteiger partial charge in [-0.1, -0.05) is 182 Å². The van der Waals surface area contributed by atoms with Gasteiger partial charge < -0.3 is 13.7 Å². The van der Waals surface area contributed by atoms with E-state index in [0.29, 0.717) is 0 Å². The SMILES string of the molecule is c1ccc(-c2ccccc2-n2c3cccc4c3c3c(cccc32)n4-c2ccc3c(c2)c2ccccc2n3-c2ccc([Si](c3ccccc3)(c3ccccc3)c3ccccc3)cc2)cc1. The zero-order valence-corrected chi connectivity index (χ0v) is 36.0. The van der Waals surface area contributed by atoms with Crippen LogP contribution in [0.1, 0.15) is 0 Å². The van der Waals surface area contributed by atoms with E-state index in [9.17, 15) is 0 Å². The molecule has 0 aliphatic carbocycles. The first-order valence-corrected chi connectivity index (χ1v) is 24.1. The number of benzene rings is 10. The summed E-state index contributed by atoms with van der Waals surface area (Å²) in [6, 6.07) is 92.0. The molecule has 0 bridgehead atoms. The molecule has 0 amide bonds. The van der Waals surface area contributed by atoms with E-state index in [2.05, 4.69) is 262 Å². The van der Waals surface area contributed by atoms with E-state index in [1.54, 1.807) is 0 Å². The van der Waals surface area contributed by atoms with Crippen LogP contribution in [0.4, 0.5) is 0 Å². The molecule has 3 heterocycles. The molecule has 3 nitrogen and oxygen atoms in total. The summed E-state index contributed by atoms with van der Waals surface area (Å²) in [5.74, 6) is 0. The Kier molecular flexibility index (Phi) is 8.23. The van der Waals surface area contributed by atoms with Crippen LogP contribution in [0, 0.1) is 0 Å². The highest BCUT2D eigenvalue weighted by atomic mass is 28.3. The summed E-state index contributed by atoms with van der Waals surface area (Å²) >= 11 is 0. The minimum absolute atomic E-state index is 1.15. The molecule has 0 aliphatic rings. The van der Waals surface area contributed by atoms with Gasteiger partial charge >= 0.3 is 0 Å². The van der Waals surface area contributed by atoms with Crippen LogP contribution in [0.5, 0.6) is 0 Å². The van der Waals surface area contributed by atoms with E-state index in [1.165, 1.54) is 92.2 Å². The third-order valence-electron chi connectivity index (χ3n) is 13.6. The van der Waals surface area contributed by atoms with Gasteiger partial charge in [-0.3, -0.25) is 0 Å². The van der Waals surface area contributed by atoms with Crippen molar-refractivity contribution < 1.29 is 0 Å². The van der Waals surface area contributed by atoms with Crippen LogP contribution >= 0.6 is 0 Å². The molecule has 0 atom stereocenters. The van der Waals surface area contributed by atoms with Crippen LogP contribution in [0.15, 0.2) is 249 Å². The average Bonchev–Trinajstić information content (AvgIpc) is 4.02. The number of nitrogens with zero attached hydrogens (tertiary/aromatic N) is 3. The molecule has 300 valence electrons.